The van der Waals surface area contributed by atoms with Gasteiger partial charge in [-0.15, -0.1) is 0 Å². The highest BCUT2D eigenvalue weighted by Crippen LogP contribution is 2.16. The van der Waals surface area contributed by atoms with E-state index in [-0.39, 0.29) is 30.0 Å². The van der Waals surface area contributed by atoms with Gasteiger partial charge in [0.15, 0.2) is 0 Å². The van der Waals surface area contributed by atoms with Crippen molar-refractivity contribution in [3.8, 4) is 0 Å². The van der Waals surface area contributed by atoms with Gasteiger partial charge in [-0.2, -0.15) is 11.3 Å². The summed E-state index contributed by atoms with van der Waals surface area (Å²) in [4.78, 5) is 32.7. The highest BCUT2D eigenvalue weighted by atomic mass is 32.1. The Balaban J connectivity index is 2.72. The minimum absolute atomic E-state index is 0.0186. The van der Waals surface area contributed by atoms with Gasteiger partial charge in [0, 0.05) is 11.8 Å². The Labute approximate surface area is 90.5 Å². The molecule has 0 unspecified atom stereocenters. The number of ketones is 2. The molecular weight excluding hydrogens is 216 g/mol. The standard InChI is InChI=1S/C10H10O4S/c1-6(11)2-8(12)3-7-4-15-5-9(7)10(13)14/h4-5H,2-3H2,1H3,(H,13,14). The predicted molar refractivity (Wildman–Crippen MR) is 55.3 cm³/mol. The fourth-order valence-corrected chi connectivity index (χ4v) is 2.03. The van der Waals surface area contributed by atoms with E-state index < -0.39 is 5.97 Å². The van der Waals surface area contributed by atoms with Crippen molar-refractivity contribution in [2.75, 3.05) is 0 Å². The molecule has 4 nitrogen and oxygen atoms in total. The Kier molecular flexibility index (Phi) is 3.74. The lowest BCUT2D eigenvalue weighted by molar-refractivity contribution is -0.125. The molecule has 5 heteroatoms. The molecule has 0 atom stereocenters. The van der Waals surface area contributed by atoms with Crippen LogP contribution < -0.4 is 0 Å². The molecule has 0 bridgehead atoms. The Hall–Kier alpha value is -1.49. The first kappa shape index (κ1) is 11.6. The summed E-state index contributed by atoms with van der Waals surface area (Å²) in [7, 11) is 0. The van der Waals surface area contributed by atoms with Crippen LogP contribution in [0.25, 0.3) is 0 Å². The zero-order chi connectivity index (χ0) is 11.4. The molecule has 0 aliphatic heterocycles. The zero-order valence-electron chi connectivity index (χ0n) is 8.15. The van der Waals surface area contributed by atoms with Crippen molar-refractivity contribution in [3.63, 3.8) is 0 Å². The molecule has 0 aliphatic carbocycles. The summed E-state index contributed by atoms with van der Waals surface area (Å²) >= 11 is 1.24. The van der Waals surface area contributed by atoms with Gasteiger partial charge < -0.3 is 5.11 Å². The molecule has 1 aromatic rings. The molecule has 0 amide bonds. The lowest BCUT2D eigenvalue weighted by Gasteiger charge is -1.98. The van der Waals surface area contributed by atoms with Crippen LogP contribution in [0.5, 0.6) is 0 Å². The monoisotopic (exact) mass is 226 g/mol. The highest BCUT2D eigenvalue weighted by Gasteiger charge is 2.14. The van der Waals surface area contributed by atoms with Crippen LogP contribution in [0.2, 0.25) is 0 Å². The van der Waals surface area contributed by atoms with Gasteiger partial charge in [0.1, 0.15) is 11.6 Å². The molecule has 15 heavy (non-hydrogen) atoms. The minimum atomic E-state index is -1.04. The first-order chi connectivity index (χ1) is 7.00. The number of Topliss-reactive ketones (excluding diaryl/α,β-unsaturated/α-hetero) is 2. The van der Waals surface area contributed by atoms with Crippen LogP contribution in [0.15, 0.2) is 10.8 Å². The quantitative estimate of drug-likeness (QED) is 0.773. The van der Waals surface area contributed by atoms with E-state index in [2.05, 4.69) is 0 Å². The van der Waals surface area contributed by atoms with Crippen LogP contribution in [0, 0.1) is 0 Å². The molecule has 1 N–H and O–H groups in total. The molecule has 0 aromatic carbocycles. The number of aromatic carboxylic acids is 1. The Morgan fingerprint density at radius 3 is 2.53 bits per heavy atom. The average molecular weight is 226 g/mol. The number of carbonyl (C=O) groups excluding carboxylic acids is 2. The average Bonchev–Trinajstić information content (AvgIpc) is 2.50. The Bertz CT molecular complexity index is 405. The number of carbonyl (C=O) groups is 3. The molecule has 0 fully saturated rings. The van der Waals surface area contributed by atoms with Gasteiger partial charge in [0.2, 0.25) is 0 Å². The lowest BCUT2D eigenvalue weighted by Crippen LogP contribution is -2.09. The van der Waals surface area contributed by atoms with E-state index in [0.29, 0.717) is 5.56 Å². The molecular formula is C10H10O4S. The number of hydrogen-bond donors (Lipinski definition) is 1. The van der Waals surface area contributed by atoms with Crippen LogP contribution in [0.3, 0.4) is 0 Å². The third-order valence-corrected chi connectivity index (χ3v) is 2.60. The van der Waals surface area contributed by atoms with Gasteiger partial charge in [-0.1, -0.05) is 0 Å². The number of rotatable bonds is 5. The summed E-state index contributed by atoms with van der Waals surface area (Å²) in [6.45, 7) is 1.34. The molecule has 0 radical (unpaired) electrons. The second kappa shape index (κ2) is 4.84. The highest BCUT2D eigenvalue weighted by molar-refractivity contribution is 7.08. The molecule has 1 heterocycles. The summed E-state index contributed by atoms with van der Waals surface area (Å²) in [6.07, 6.45) is -0.111. The fraction of sp³-hybridized carbons (Fsp3) is 0.300. The summed E-state index contributed by atoms with van der Waals surface area (Å²) in [5.74, 6) is -1.49. The SMILES string of the molecule is CC(=O)CC(=O)Cc1cscc1C(=O)O. The normalized spacial score (nSPS) is 9.93. The Morgan fingerprint density at radius 2 is 2.00 bits per heavy atom. The van der Waals surface area contributed by atoms with Crippen molar-refractivity contribution in [1.29, 1.82) is 0 Å². The molecule has 1 aromatic heterocycles. The fourth-order valence-electron chi connectivity index (χ4n) is 1.20. The molecule has 1 rings (SSSR count). The second-order valence-corrected chi connectivity index (χ2v) is 3.95. The summed E-state index contributed by atoms with van der Waals surface area (Å²) < 4.78 is 0. The third kappa shape index (κ3) is 3.28. The van der Waals surface area contributed by atoms with E-state index >= 15 is 0 Å². The van der Waals surface area contributed by atoms with Gasteiger partial charge in [-0.3, -0.25) is 9.59 Å². The molecule has 80 valence electrons. The zero-order valence-corrected chi connectivity index (χ0v) is 8.97. The number of thiophene rings is 1. The van der Waals surface area contributed by atoms with Gasteiger partial charge in [-0.25, -0.2) is 4.79 Å². The van der Waals surface area contributed by atoms with Crippen LogP contribution >= 0.6 is 11.3 Å². The van der Waals surface area contributed by atoms with Crippen molar-refractivity contribution in [2.24, 2.45) is 0 Å². The van der Waals surface area contributed by atoms with E-state index in [9.17, 15) is 14.4 Å². The van der Waals surface area contributed by atoms with Crippen LogP contribution in [-0.2, 0) is 16.0 Å². The van der Waals surface area contributed by atoms with Crippen LogP contribution in [-0.4, -0.2) is 22.6 Å². The number of carboxylic acids is 1. The Morgan fingerprint density at radius 1 is 1.33 bits per heavy atom. The molecule has 0 saturated heterocycles. The van der Waals surface area contributed by atoms with E-state index in [1.165, 1.54) is 23.6 Å². The molecule has 0 spiro atoms. The van der Waals surface area contributed by atoms with E-state index in [1.807, 2.05) is 0 Å². The first-order valence-electron chi connectivity index (χ1n) is 4.30. The topological polar surface area (TPSA) is 71.4 Å². The van der Waals surface area contributed by atoms with Crippen molar-refractivity contribution < 1.29 is 19.5 Å². The second-order valence-electron chi connectivity index (χ2n) is 3.21. The first-order valence-corrected chi connectivity index (χ1v) is 5.24. The van der Waals surface area contributed by atoms with E-state index in [4.69, 9.17) is 5.11 Å². The van der Waals surface area contributed by atoms with Crippen LogP contribution in [0.1, 0.15) is 29.3 Å². The number of hydrogen-bond acceptors (Lipinski definition) is 4. The summed E-state index contributed by atoms with van der Waals surface area (Å²) in [5.41, 5.74) is 0.635. The third-order valence-electron chi connectivity index (χ3n) is 1.81. The van der Waals surface area contributed by atoms with Crippen molar-refractivity contribution in [3.05, 3.63) is 21.9 Å². The van der Waals surface area contributed by atoms with Gasteiger partial charge in [0.05, 0.1) is 12.0 Å². The summed E-state index contributed by atoms with van der Waals surface area (Å²) in [5, 5.41) is 11.9. The minimum Gasteiger partial charge on any atom is -0.478 e. The molecule has 0 aliphatic rings. The van der Waals surface area contributed by atoms with E-state index in [1.54, 1.807) is 5.38 Å². The van der Waals surface area contributed by atoms with Gasteiger partial charge >= 0.3 is 5.97 Å². The van der Waals surface area contributed by atoms with Gasteiger partial charge in [0.25, 0.3) is 0 Å². The van der Waals surface area contributed by atoms with Crippen LogP contribution in [0.4, 0.5) is 0 Å². The molecule has 0 saturated carbocycles. The maximum Gasteiger partial charge on any atom is 0.336 e. The maximum absolute atomic E-state index is 11.3. The summed E-state index contributed by atoms with van der Waals surface area (Å²) in [6, 6.07) is 0. The van der Waals surface area contributed by atoms with Crippen molar-refractivity contribution >= 4 is 28.9 Å². The smallest absolute Gasteiger partial charge is 0.336 e. The number of carboxylic acid groups (broad SMARTS) is 1. The van der Waals surface area contributed by atoms with Gasteiger partial charge in [-0.05, 0) is 17.9 Å². The largest absolute Gasteiger partial charge is 0.478 e. The predicted octanol–water partition coefficient (Wildman–Crippen LogP) is 1.54. The maximum atomic E-state index is 11.3. The van der Waals surface area contributed by atoms with Crippen molar-refractivity contribution in [1.82, 2.24) is 0 Å². The lowest BCUT2D eigenvalue weighted by atomic mass is 10.1. The van der Waals surface area contributed by atoms with Crippen molar-refractivity contribution in [2.45, 2.75) is 19.8 Å². The van der Waals surface area contributed by atoms with E-state index in [0.717, 1.165) is 0 Å².